The van der Waals surface area contributed by atoms with Gasteiger partial charge in [0.1, 0.15) is 5.78 Å². The van der Waals surface area contributed by atoms with Crippen LogP contribution in [0.4, 0.5) is 0 Å². The SMILES string of the molecule is Cc1ccc(C(C)C(=O)CC(Cc2cccs2)C(=O)NO)cc1. The van der Waals surface area contributed by atoms with Crippen molar-refractivity contribution in [3.63, 3.8) is 0 Å². The van der Waals surface area contributed by atoms with Crippen LogP contribution in [-0.2, 0) is 16.0 Å². The fourth-order valence-electron chi connectivity index (χ4n) is 2.48. The van der Waals surface area contributed by atoms with Crippen LogP contribution < -0.4 is 5.48 Å². The lowest BCUT2D eigenvalue weighted by Crippen LogP contribution is -2.31. The molecule has 0 spiro atoms. The first-order valence-corrected chi connectivity index (χ1v) is 8.45. The van der Waals surface area contributed by atoms with Gasteiger partial charge in [0.05, 0.1) is 5.92 Å². The molecule has 2 N–H and O–H groups in total. The number of benzene rings is 1. The highest BCUT2D eigenvalue weighted by Crippen LogP contribution is 2.23. The van der Waals surface area contributed by atoms with Crippen LogP contribution in [0.25, 0.3) is 0 Å². The van der Waals surface area contributed by atoms with Crippen LogP contribution in [0, 0.1) is 12.8 Å². The molecule has 1 aromatic carbocycles. The van der Waals surface area contributed by atoms with Gasteiger partial charge in [-0.3, -0.25) is 14.8 Å². The van der Waals surface area contributed by atoms with Gasteiger partial charge in [0.2, 0.25) is 5.91 Å². The summed E-state index contributed by atoms with van der Waals surface area (Å²) in [5.41, 5.74) is 3.77. The minimum atomic E-state index is -0.556. The Morgan fingerprint density at radius 2 is 1.91 bits per heavy atom. The molecule has 0 fully saturated rings. The Morgan fingerprint density at radius 1 is 1.22 bits per heavy atom. The monoisotopic (exact) mass is 331 g/mol. The van der Waals surface area contributed by atoms with Gasteiger partial charge in [-0.1, -0.05) is 42.8 Å². The molecule has 0 aliphatic heterocycles. The second-order valence-electron chi connectivity index (χ2n) is 5.76. The summed E-state index contributed by atoms with van der Waals surface area (Å²) in [5, 5.41) is 10.9. The number of amides is 1. The molecule has 2 rings (SSSR count). The zero-order chi connectivity index (χ0) is 16.8. The highest BCUT2D eigenvalue weighted by Gasteiger charge is 2.25. The molecule has 4 nitrogen and oxygen atoms in total. The van der Waals surface area contributed by atoms with Gasteiger partial charge in [-0.2, -0.15) is 0 Å². The number of aryl methyl sites for hydroxylation is 1. The van der Waals surface area contributed by atoms with Crippen LogP contribution >= 0.6 is 11.3 Å². The second-order valence-corrected chi connectivity index (χ2v) is 6.79. The lowest BCUT2D eigenvalue weighted by Gasteiger charge is -2.17. The number of Topliss-reactive ketones (excluding diaryl/α,β-unsaturated/α-hetero) is 1. The third-order valence-electron chi connectivity index (χ3n) is 4.02. The van der Waals surface area contributed by atoms with Gasteiger partial charge in [0.25, 0.3) is 0 Å². The molecule has 0 saturated carbocycles. The molecule has 1 amide bonds. The Balaban J connectivity index is 2.07. The summed E-state index contributed by atoms with van der Waals surface area (Å²) in [5.74, 6) is -1.34. The van der Waals surface area contributed by atoms with E-state index in [1.807, 2.05) is 55.6 Å². The van der Waals surface area contributed by atoms with E-state index in [4.69, 9.17) is 5.21 Å². The normalized spacial score (nSPS) is 13.3. The minimum Gasteiger partial charge on any atom is -0.299 e. The maximum absolute atomic E-state index is 12.5. The molecular weight excluding hydrogens is 310 g/mol. The van der Waals surface area contributed by atoms with Crippen molar-refractivity contribution in [2.24, 2.45) is 5.92 Å². The number of hydroxylamine groups is 1. The molecule has 2 unspecified atom stereocenters. The van der Waals surface area contributed by atoms with Crippen LogP contribution in [0.15, 0.2) is 41.8 Å². The zero-order valence-corrected chi connectivity index (χ0v) is 14.1. The third-order valence-corrected chi connectivity index (χ3v) is 4.92. The molecule has 1 aromatic heterocycles. The summed E-state index contributed by atoms with van der Waals surface area (Å²) in [6.45, 7) is 3.85. The van der Waals surface area contributed by atoms with Crippen LogP contribution in [0.1, 0.15) is 35.3 Å². The van der Waals surface area contributed by atoms with E-state index in [-0.39, 0.29) is 18.1 Å². The lowest BCUT2D eigenvalue weighted by molar-refractivity contribution is -0.136. The minimum absolute atomic E-state index is 0.000917. The van der Waals surface area contributed by atoms with Gasteiger partial charge in [0.15, 0.2) is 0 Å². The van der Waals surface area contributed by atoms with Gasteiger partial charge in [-0.05, 0) is 30.4 Å². The molecule has 0 bridgehead atoms. The molecule has 2 atom stereocenters. The van der Waals surface area contributed by atoms with Gasteiger partial charge in [-0.15, -0.1) is 11.3 Å². The molecule has 2 aromatic rings. The van der Waals surface area contributed by atoms with Crippen molar-refractivity contribution in [3.8, 4) is 0 Å². The number of carbonyl (C=O) groups is 2. The predicted molar refractivity (Wildman–Crippen MR) is 90.7 cm³/mol. The Kier molecular flexibility index (Phi) is 6.07. The van der Waals surface area contributed by atoms with Crippen LogP contribution in [0.3, 0.4) is 0 Å². The summed E-state index contributed by atoms with van der Waals surface area (Å²) in [7, 11) is 0. The summed E-state index contributed by atoms with van der Waals surface area (Å²) in [6.07, 6.45) is 0.565. The zero-order valence-electron chi connectivity index (χ0n) is 13.3. The largest absolute Gasteiger partial charge is 0.299 e. The Morgan fingerprint density at radius 3 is 2.48 bits per heavy atom. The van der Waals surface area contributed by atoms with Crippen molar-refractivity contribution in [2.75, 3.05) is 0 Å². The smallest absolute Gasteiger partial charge is 0.247 e. The summed E-state index contributed by atoms with van der Waals surface area (Å²) < 4.78 is 0. The number of hydrogen-bond acceptors (Lipinski definition) is 4. The molecule has 5 heteroatoms. The number of hydrogen-bond donors (Lipinski definition) is 2. The Hall–Kier alpha value is -1.98. The Labute approximate surface area is 140 Å². The molecular formula is C18H21NO3S. The first kappa shape index (κ1) is 17.4. The van der Waals surface area contributed by atoms with E-state index in [9.17, 15) is 9.59 Å². The van der Waals surface area contributed by atoms with Crippen molar-refractivity contribution in [2.45, 2.75) is 32.6 Å². The number of thiophene rings is 1. The van der Waals surface area contributed by atoms with Crippen LogP contribution in [0.2, 0.25) is 0 Å². The predicted octanol–water partition coefficient (Wildman–Crippen LogP) is 3.48. The number of nitrogens with one attached hydrogen (secondary N) is 1. The van der Waals surface area contributed by atoms with Crippen molar-refractivity contribution < 1.29 is 14.8 Å². The lowest BCUT2D eigenvalue weighted by atomic mass is 9.88. The highest BCUT2D eigenvalue weighted by atomic mass is 32.1. The first-order valence-electron chi connectivity index (χ1n) is 7.57. The van der Waals surface area contributed by atoms with E-state index < -0.39 is 11.8 Å². The standard InChI is InChI=1S/C18H21NO3S/c1-12-5-7-14(8-6-12)13(2)17(20)11-15(18(21)19-22)10-16-4-3-9-23-16/h3-9,13,15,22H,10-11H2,1-2H3,(H,19,21). The van der Waals surface area contributed by atoms with Crippen molar-refractivity contribution in [3.05, 3.63) is 57.8 Å². The van der Waals surface area contributed by atoms with Gasteiger partial charge in [-0.25, -0.2) is 5.48 Å². The maximum atomic E-state index is 12.5. The van der Waals surface area contributed by atoms with Crippen molar-refractivity contribution >= 4 is 23.0 Å². The van der Waals surface area contributed by atoms with Gasteiger partial charge < -0.3 is 0 Å². The fraction of sp³-hybridized carbons (Fsp3) is 0.333. The molecule has 0 aliphatic rings. The average Bonchev–Trinajstić information content (AvgIpc) is 3.06. The van der Waals surface area contributed by atoms with Crippen molar-refractivity contribution in [1.29, 1.82) is 0 Å². The molecule has 23 heavy (non-hydrogen) atoms. The van der Waals surface area contributed by atoms with E-state index in [0.717, 1.165) is 16.0 Å². The highest BCUT2D eigenvalue weighted by molar-refractivity contribution is 7.09. The first-order chi connectivity index (χ1) is 11.0. The van der Waals surface area contributed by atoms with Gasteiger partial charge >= 0.3 is 0 Å². The number of carbonyl (C=O) groups excluding carboxylic acids is 2. The fourth-order valence-corrected chi connectivity index (χ4v) is 3.27. The summed E-state index contributed by atoms with van der Waals surface area (Å²) in [6, 6.07) is 11.7. The topological polar surface area (TPSA) is 66.4 Å². The molecule has 0 saturated heterocycles. The van der Waals surface area contributed by atoms with E-state index in [0.29, 0.717) is 6.42 Å². The number of ketones is 1. The molecule has 1 heterocycles. The summed E-state index contributed by atoms with van der Waals surface area (Å²) >= 11 is 1.54. The van der Waals surface area contributed by atoms with E-state index in [2.05, 4.69) is 0 Å². The van der Waals surface area contributed by atoms with Crippen LogP contribution in [0.5, 0.6) is 0 Å². The molecule has 122 valence electrons. The maximum Gasteiger partial charge on any atom is 0.247 e. The Bertz CT molecular complexity index is 649. The second kappa shape index (κ2) is 8.04. The molecule has 0 radical (unpaired) electrons. The third kappa shape index (κ3) is 4.74. The average molecular weight is 331 g/mol. The van der Waals surface area contributed by atoms with Crippen LogP contribution in [-0.4, -0.2) is 16.9 Å². The van der Waals surface area contributed by atoms with Crippen molar-refractivity contribution in [1.82, 2.24) is 5.48 Å². The van der Waals surface area contributed by atoms with Gasteiger partial charge in [0, 0.05) is 17.2 Å². The quantitative estimate of drug-likeness (QED) is 0.603. The molecule has 0 aliphatic carbocycles. The van der Waals surface area contributed by atoms with E-state index >= 15 is 0 Å². The van der Waals surface area contributed by atoms with E-state index in [1.54, 1.807) is 5.48 Å². The van der Waals surface area contributed by atoms with E-state index in [1.165, 1.54) is 11.3 Å². The summed E-state index contributed by atoms with van der Waals surface area (Å²) in [4.78, 5) is 25.4. The number of rotatable bonds is 7.